The molecule has 1 aromatic heterocycles. The van der Waals surface area contributed by atoms with Gasteiger partial charge in [0.1, 0.15) is 5.82 Å². The molecular formula is C11H18N4. The fraction of sp³-hybridized carbons (Fsp3) is 0.727. The Morgan fingerprint density at radius 3 is 3.13 bits per heavy atom. The molecule has 4 nitrogen and oxygen atoms in total. The smallest absolute Gasteiger partial charge is 0.110 e. The van der Waals surface area contributed by atoms with E-state index in [1.54, 1.807) is 0 Å². The van der Waals surface area contributed by atoms with Crippen LogP contribution in [-0.2, 0) is 6.42 Å². The van der Waals surface area contributed by atoms with Crippen LogP contribution in [0.3, 0.4) is 0 Å². The van der Waals surface area contributed by atoms with E-state index in [2.05, 4.69) is 16.1 Å². The van der Waals surface area contributed by atoms with Crippen LogP contribution in [-0.4, -0.2) is 22.6 Å². The van der Waals surface area contributed by atoms with Crippen LogP contribution >= 0.6 is 0 Å². The first-order valence-corrected chi connectivity index (χ1v) is 5.88. The van der Waals surface area contributed by atoms with Gasteiger partial charge in [-0.2, -0.15) is 0 Å². The lowest BCUT2D eigenvalue weighted by Crippen LogP contribution is -2.24. The third kappa shape index (κ3) is 1.58. The highest BCUT2D eigenvalue weighted by Crippen LogP contribution is 2.26. The maximum absolute atomic E-state index is 6.07. The summed E-state index contributed by atoms with van der Waals surface area (Å²) >= 11 is 0. The average molecular weight is 206 g/mol. The minimum Gasteiger partial charge on any atom is -0.319 e. The molecule has 0 spiro atoms. The average Bonchev–Trinajstić information content (AvgIpc) is 2.86. The van der Waals surface area contributed by atoms with Crippen LogP contribution in [0.4, 0.5) is 0 Å². The van der Waals surface area contributed by atoms with Gasteiger partial charge >= 0.3 is 0 Å². The number of nitrogens with one attached hydrogen (secondary N) is 1. The molecule has 1 fully saturated rings. The SMILES string of the molecule is NC1CCCc2nc(C3CCNC3)cn21. The molecule has 4 heteroatoms. The normalized spacial score (nSPS) is 30.5. The second-order valence-electron chi connectivity index (χ2n) is 4.64. The lowest BCUT2D eigenvalue weighted by Gasteiger charge is -2.20. The van der Waals surface area contributed by atoms with E-state index in [1.807, 2.05) is 0 Å². The van der Waals surface area contributed by atoms with Crippen molar-refractivity contribution in [1.29, 1.82) is 0 Å². The summed E-state index contributed by atoms with van der Waals surface area (Å²) in [5.41, 5.74) is 7.31. The lowest BCUT2D eigenvalue weighted by molar-refractivity contribution is 0.408. The van der Waals surface area contributed by atoms with Gasteiger partial charge in [0.15, 0.2) is 0 Å². The van der Waals surface area contributed by atoms with Crippen molar-refractivity contribution in [3.8, 4) is 0 Å². The van der Waals surface area contributed by atoms with Gasteiger partial charge in [0.2, 0.25) is 0 Å². The molecule has 2 unspecified atom stereocenters. The topological polar surface area (TPSA) is 55.9 Å². The molecule has 15 heavy (non-hydrogen) atoms. The molecule has 2 atom stereocenters. The highest BCUT2D eigenvalue weighted by Gasteiger charge is 2.24. The van der Waals surface area contributed by atoms with Crippen molar-refractivity contribution in [2.24, 2.45) is 5.73 Å². The van der Waals surface area contributed by atoms with Gasteiger partial charge in [-0.15, -0.1) is 0 Å². The number of fused-ring (bicyclic) bond motifs is 1. The maximum atomic E-state index is 6.07. The molecule has 0 saturated carbocycles. The summed E-state index contributed by atoms with van der Waals surface area (Å²) in [7, 11) is 0. The highest BCUT2D eigenvalue weighted by molar-refractivity contribution is 5.14. The van der Waals surface area contributed by atoms with Gasteiger partial charge in [0, 0.05) is 25.1 Å². The summed E-state index contributed by atoms with van der Waals surface area (Å²) in [5.74, 6) is 1.80. The van der Waals surface area contributed by atoms with Crippen molar-refractivity contribution in [2.45, 2.75) is 37.8 Å². The van der Waals surface area contributed by atoms with Crippen molar-refractivity contribution < 1.29 is 0 Å². The maximum Gasteiger partial charge on any atom is 0.110 e. The summed E-state index contributed by atoms with van der Waals surface area (Å²) in [6.45, 7) is 2.20. The van der Waals surface area contributed by atoms with Gasteiger partial charge in [-0.25, -0.2) is 4.98 Å². The molecule has 82 valence electrons. The fourth-order valence-electron chi connectivity index (χ4n) is 2.64. The zero-order valence-electron chi connectivity index (χ0n) is 8.95. The predicted octanol–water partition coefficient (Wildman–Crippen LogP) is 0.754. The summed E-state index contributed by atoms with van der Waals surface area (Å²) in [6, 6.07) is 0. The van der Waals surface area contributed by atoms with Crippen LogP contribution < -0.4 is 11.1 Å². The second kappa shape index (κ2) is 3.61. The third-order valence-electron chi connectivity index (χ3n) is 3.56. The summed E-state index contributed by atoms with van der Waals surface area (Å²) in [5, 5.41) is 3.38. The molecule has 0 amide bonds. The first kappa shape index (κ1) is 9.36. The Kier molecular flexibility index (Phi) is 2.25. The molecule has 1 aromatic rings. The van der Waals surface area contributed by atoms with Gasteiger partial charge in [0.05, 0.1) is 11.9 Å². The van der Waals surface area contributed by atoms with Gasteiger partial charge in [-0.05, 0) is 25.8 Å². The van der Waals surface area contributed by atoms with Crippen molar-refractivity contribution in [1.82, 2.24) is 14.9 Å². The van der Waals surface area contributed by atoms with E-state index in [0.29, 0.717) is 5.92 Å². The van der Waals surface area contributed by atoms with Crippen molar-refractivity contribution in [3.63, 3.8) is 0 Å². The first-order valence-electron chi connectivity index (χ1n) is 5.88. The Bertz CT molecular complexity index is 351. The van der Waals surface area contributed by atoms with Gasteiger partial charge in [-0.3, -0.25) is 0 Å². The number of hydrogen-bond donors (Lipinski definition) is 2. The predicted molar refractivity (Wildman–Crippen MR) is 58.6 cm³/mol. The summed E-state index contributed by atoms with van der Waals surface area (Å²) < 4.78 is 2.18. The molecule has 0 radical (unpaired) electrons. The van der Waals surface area contributed by atoms with Crippen LogP contribution in [0.15, 0.2) is 6.20 Å². The monoisotopic (exact) mass is 206 g/mol. The van der Waals surface area contributed by atoms with Crippen LogP contribution in [0.5, 0.6) is 0 Å². The van der Waals surface area contributed by atoms with Gasteiger partial charge < -0.3 is 15.6 Å². The number of aromatic nitrogens is 2. The number of hydrogen-bond acceptors (Lipinski definition) is 3. The van der Waals surface area contributed by atoms with Crippen molar-refractivity contribution in [2.75, 3.05) is 13.1 Å². The third-order valence-corrected chi connectivity index (χ3v) is 3.56. The van der Waals surface area contributed by atoms with Gasteiger partial charge in [-0.1, -0.05) is 0 Å². The lowest BCUT2D eigenvalue weighted by atomic mass is 10.1. The molecule has 0 aromatic carbocycles. The Labute approximate surface area is 89.9 Å². The molecule has 0 aliphatic carbocycles. The largest absolute Gasteiger partial charge is 0.319 e. The molecule has 2 aliphatic rings. The Hall–Kier alpha value is -0.870. The number of nitrogens with zero attached hydrogens (tertiary/aromatic N) is 2. The zero-order chi connectivity index (χ0) is 10.3. The Morgan fingerprint density at radius 1 is 1.47 bits per heavy atom. The van der Waals surface area contributed by atoms with Crippen LogP contribution in [0.2, 0.25) is 0 Å². The van der Waals surface area contributed by atoms with Crippen molar-refractivity contribution in [3.05, 3.63) is 17.7 Å². The van der Waals surface area contributed by atoms with E-state index in [0.717, 1.165) is 25.9 Å². The van der Waals surface area contributed by atoms with E-state index in [4.69, 9.17) is 10.7 Å². The Morgan fingerprint density at radius 2 is 2.40 bits per heavy atom. The van der Waals surface area contributed by atoms with Crippen LogP contribution in [0, 0.1) is 0 Å². The minimum atomic E-state index is 0.157. The number of imidazole rings is 1. The zero-order valence-corrected chi connectivity index (χ0v) is 8.95. The number of aryl methyl sites for hydroxylation is 1. The Balaban J connectivity index is 1.90. The highest BCUT2D eigenvalue weighted by atomic mass is 15.2. The van der Waals surface area contributed by atoms with Crippen molar-refractivity contribution >= 4 is 0 Å². The fourth-order valence-corrected chi connectivity index (χ4v) is 2.64. The van der Waals surface area contributed by atoms with E-state index in [9.17, 15) is 0 Å². The summed E-state index contributed by atoms with van der Waals surface area (Å²) in [6.07, 6.45) is 6.91. The van der Waals surface area contributed by atoms with E-state index in [1.165, 1.54) is 24.4 Å². The minimum absolute atomic E-state index is 0.157. The number of rotatable bonds is 1. The molecule has 3 heterocycles. The molecule has 0 bridgehead atoms. The summed E-state index contributed by atoms with van der Waals surface area (Å²) in [4.78, 5) is 4.73. The van der Waals surface area contributed by atoms with E-state index >= 15 is 0 Å². The van der Waals surface area contributed by atoms with Crippen LogP contribution in [0.25, 0.3) is 0 Å². The standard InChI is InChI=1S/C11H18N4/c12-10-2-1-3-11-14-9(7-15(10)11)8-4-5-13-6-8/h7-8,10,13H,1-6,12H2. The second-order valence-corrected chi connectivity index (χ2v) is 4.64. The molecular weight excluding hydrogens is 188 g/mol. The van der Waals surface area contributed by atoms with Crippen LogP contribution in [0.1, 0.15) is 42.9 Å². The van der Waals surface area contributed by atoms with E-state index in [-0.39, 0.29) is 6.17 Å². The number of nitrogens with two attached hydrogens (primary N) is 1. The van der Waals surface area contributed by atoms with Gasteiger partial charge in [0.25, 0.3) is 0 Å². The first-order chi connectivity index (χ1) is 7.34. The van der Waals surface area contributed by atoms with E-state index < -0.39 is 0 Å². The molecule has 3 N–H and O–H groups in total. The molecule has 2 aliphatic heterocycles. The quantitative estimate of drug-likeness (QED) is 0.713. The molecule has 1 saturated heterocycles. The molecule has 3 rings (SSSR count).